The number of hydrogen-bond donors (Lipinski definition) is 3. The molecule has 0 aromatic rings. The van der Waals surface area contributed by atoms with Gasteiger partial charge in [0.05, 0.1) is 0 Å². The van der Waals surface area contributed by atoms with Gasteiger partial charge in [-0.15, -0.1) is 0 Å². The van der Waals surface area contributed by atoms with Crippen molar-refractivity contribution in [2.45, 2.75) is 32.9 Å². The van der Waals surface area contributed by atoms with Gasteiger partial charge in [-0.3, -0.25) is 0 Å². The van der Waals surface area contributed by atoms with Crippen LogP contribution in [0.1, 0.15) is 20.8 Å². The van der Waals surface area contributed by atoms with E-state index in [0.717, 1.165) is 0 Å². The SMILES string of the molecule is CC(C)[C@H](NC(=O)NCC(C)N(C)C)C(=O)O. The number of urea groups is 1. The molecule has 0 radical (unpaired) electrons. The van der Waals surface area contributed by atoms with Gasteiger partial charge in [0.2, 0.25) is 0 Å². The first-order chi connectivity index (χ1) is 7.75. The van der Waals surface area contributed by atoms with Gasteiger partial charge in [0, 0.05) is 12.6 Å². The molecular weight excluding hydrogens is 222 g/mol. The van der Waals surface area contributed by atoms with Crippen molar-refractivity contribution in [1.29, 1.82) is 0 Å². The second-order valence-electron chi connectivity index (χ2n) is 4.73. The van der Waals surface area contributed by atoms with E-state index >= 15 is 0 Å². The van der Waals surface area contributed by atoms with Crippen LogP contribution < -0.4 is 10.6 Å². The molecule has 2 atom stereocenters. The minimum atomic E-state index is -1.02. The van der Waals surface area contributed by atoms with Gasteiger partial charge in [0.1, 0.15) is 6.04 Å². The maximum atomic E-state index is 11.5. The molecule has 0 aliphatic rings. The van der Waals surface area contributed by atoms with Crippen LogP contribution >= 0.6 is 0 Å². The van der Waals surface area contributed by atoms with Gasteiger partial charge in [-0.25, -0.2) is 9.59 Å². The number of nitrogens with zero attached hydrogens (tertiary/aromatic N) is 1. The van der Waals surface area contributed by atoms with E-state index in [0.29, 0.717) is 6.54 Å². The van der Waals surface area contributed by atoms with Crippen molar-refractivity contribution in [2.24, 2.45) is 5.92 Å². The molecule has 6 heteroatoms. The summed E-state index contributed by atoms with van der Waals surface area (Å²) in [7, 11) is 3.83. The molecule has 1 unspecified atom stereocenters. The standard InChI is InChI=1S/C11H23N3O3/c1-7(2)9(10(15)16)13-11(17)12-6-8(3)14(4)5/h7-9H,6H2,1-5H3,(H,15,16)(H2,12,13,17)/t8?,9-/m0/s1. The Morgan fingerprint density at radius 1 is 1.24 bits per heavy atom. The molecule has 0 heterocycles. The van der Waals surface area contributed by atoms with Crippen molar-refractivity contribution < 1.29 is 14.7 Å². The van der Waals surface area contributed by atoms with Gasteiger partial charge in [0.25, 0.3) is 0 Å². The third kappa shape index (κ3) is 6.11. The Balaban J connectivity index is 4.12. The molecule has 0 fully saturated rings. The van der Waals surface area contributed by atoms with Crippen molar-refractivity contribution in [3.8, 4) is 0 Å². The summed E-state index contributed by atoms with van der Waals surface area (Å²) < 4.78 is 0. The lowest BCUT2D eigenvalue weighted by molar-refractivity contribution is -0.140. The first kappa shape index (κ1) is 15.7. The van der Waals surface area contributed by atoms with Crippen LogP contribution in [0.2, 0.25) is 0 Å². The zero-order valence-corrected chi connectivity index (χ0v) is 11.2. The zero-order valence-electron chi connectivity index (χ0n) is 11.2. The minimum Gasteiger partial charge on any atom is -0.480 e. The Morgan fingerprint density at radius 3 is 2.12 bits per heavy atom. The molecule has 0 saturated heterocycles. The highest BCUT2D eigenvalue weighted by molar-refractivity contribution is 5.82. The number of carboxylic acid groups (broad SMARTS) is 1. The molecule has 0 aromatic heterocycles. The second kappa shape index (κ2) is 7.11. The summed E-state index contributed by atoms with van der Waals surface area (Å²) >= 11 is 0. The molecule has 0 spiro atoms. The van der Waals surface area contributed by atoms with E-state index in [2.05, 4.69) is 10.6 Å². The summed E-state index contributed by atoms with van der Waals surface area (Å²) in [6.07, 6.45) is 0. The first-order valence-corrected chi connectivity index (χ1v) is 5.69. The monoisotopic (exact) mass is 245 g/mol. The maximum absolute atomic E-state index is 11.5. The average molecular weight is 245 g/mol. The summed E-state index contributed by atoms with van der Waals surface area (Å²) in [6.45, 7) is 5.95. The second-order valence-corrected chi connectivity index (χ2v) is 4.73. The third-order valence-electron chi connectivity index (χ3n) is 2.66. The van der Waals surface area contributed by atoms with E-state index in [1.54, 1.807) is 13.8 Å². The quantitative estimate of drug-likeness (QED) is 0.630. The van der Waals surface area contributed by atoms with Crippen molar-refractivity contribution in [3.05, 3.63) is 0 Å². The van der Waals surface area contributed by atoms with Gasteiger partial charge in [-0.2, -0.15) is 0 Å². The highest BCUT2D eigenvalue weighted by Crippen LogP contribution is 2.01. The first-order valence-electron chi connectivity index (χ1n) is 5.69. The molecule has 0 aliphatic heterocycles. The predicted octanol–water partition coefficient (Wildman–Crippen LogP) is 0.345. The number of carbonyl (C=O) groups excluding carboxylic acids is 1. The minimum absolute atomic E-state index is 0.149. The zero-order chi connectivity index (χ0) is 13.6. The van der Waals surface area contributed by atoms with Crippen LogP contribution in [0.25, 0.3) is 0 Å². The highest BCUT2D eigenvalue weighted by atomic mass is 16.4. The van der Waals surface area contributed by atoms with E-state index in [1.807, 2.05) is 25.9 Å². The van der Waals surface area contributed by atoms with Crippen LogP contribution in [0.4, 0.5) is 4.79 Å². The molecule has 17 heavy (non-hydrogen) atoms. The fraction of sp³-hybridized carbons (Fsp3) is 0.818. The lowest BCUT2D eigenvalue weighted by Crippen LogP contribution is -2.50. The van der Waals surface area contributed by atoms with Crippen LogP contribution in [0.5, 0.6) is 0 Å². The predicted molar refractivity (Wildman–Crippen MR) is 65.9 cm³/mol. The van der Waals surface area contributed by atoms with Gasteiger partial charge >= 0.3 is 12.0 Å². The van der Waals surface area contributed by atoms with E-state index < -0.39 is 18.0 Å². The number of carbonyl (C=O) groups is 2. The smallest absolute Gasteiger partial charge is 0.326 e. The summed E-state index contributed by atoms with van der Waals surface area (Å²) in [5, 5.41) is 14.0. The Morgan fingerprint density at radius 2 is 1.76 bits per heavy atom. The number of aliphatic carboxylic acids is 1. The normalized spacial score (nSPS) is 14.5. The fourth-order valence-corrected chi connectivity index (χ4v) is 1.13. The Kier molecular flexibility index (Phi) is 6.57. The van der Waals surface area contributed by atoms with Gasteiger partial charge in [-0.05, 0) is 26.9 Å². The lowest BCUT2D eigenvalue weighted by atomic mass is 10.1. The summed E-state index contributed by atoms with van der Waals surface area (Å²) in [5.74, 6) is -1.17. The van der Waals surface area contributed by atoms with Crippen molar-refractivity contribution >= 4 is 12.0 Å². The van der Waals surface area contributed by atoms with Crippen LogP contribution in [0.15, 0.2) is 0 Å². The summed E-state index contributed by atoms with van der Waals surface area (Å²) in [5.41, 5.74) is 0. The van der Waals surface area contributed by atoms with Crippen molar-refractivity contribution in [2.75, 3.05) is 20.6 Å². The molecule has 3 N–H and O–H groups in total. The van der Waals surface area contributed by atoms with Crippen molar-refractivity contribution in [1.82, 2.24) is 15.5 Å². The molecule has 0 aliphatic carbocycles. The molecule has 0 aromatic carbocycles. The maximum Gasteiger partial charge on any atom is 0.326 e. The van der Waals surface area contributed by atoms with Crippen LogP contribution in [0.3, 0.4) is 0 Å². The van der Waals surface area contributed by atoms with E-state index in [-0.39, 0.29) is 12.0 Å². The van der Waals surface area contributed by atoms with E-state index in [9.17, 15) is 9.59 Å². The third-order valence-corrected chi connectivity index (χ3v) is 2.66. The molecule has 0 bridgehead atoms. The fourth-order valence-electron chi connectivity index (χ4n) is 1.13. The Labute approximate surface area is 102 Å². The van der Waals surface area contributed by atoms with Gasteiger partial charge < -0.3 is 20.6 Å². The number of rotatable bonds is 6. The molecule has 0 saturated carbocycles. The highest BCUT2D eigenvalue weighted by Gasteiger charge is 2.23. The number of nitrogens with one attached hydrogen (secondary N) is 2. The van der Waals surface area contributed by atoms with Gasteiger partial charge in [0.15, 0.2) is 0 Å². The van der Waals surface area contributed by atoms with Crippen LogP contribution in [-0.4, -0.2) is 54.7 Å². The number of carboxylic acids is 1. The molecule has 100 valence electrons. The van der Waals surface area contributed by atoms with Crippen LogP contribution in [0, 0.1) is 5.92 Å². The Hall–Kier alpha value is -1.30. The summed E-state index contributed by atoms with van der Waals surface area (Å²) in [4.78, 5) is 24.3. The van der Waals surface area contributed by atoms with E-state index in [1.165, 1.54) is 0 Å². The topological polar surface area (TPSA) is 81.7 Å². The number of amides is 2. The van der Waals surface area contributed by atoms with Crippen molar-refractivity contribution in [3.63, 3.8) is 0 Å². The Bertz CT molecular complexity index is 267. The van der Waals surface area contributed by atoms with Gasteiger partial charge in [-0.1, -0.05) is 13.8 Å². The molecular formula is C11H23N3O3. The molecule has 0 rings (SSSR count). The van der Waals surface area contributed by atoms with E-state index in [4.69, 9.17) is 5.11 Å². The van der Waals surface area contributed by atoms with Crippen LogP contribution in [-0.2, 0) is 4.79 Å². The number of likely N-dealkylation sites (N-methyl/N-ethyl adjacent to an activating group) is 1. The largest absolute Gasteiger partial charge is 0.480 e. The average Bonchev–Trinajstić information content (AvgIpc) is 2.21. The molecule has 6 nitrogen and oxygen atoms in total. The lowest BCUT2D eigenvalue weighted by Gasteiger charge is -2.22. The molecule has 2 amide bonds. The summed E-state index contributed by atoms with van der Waals surface area (Å²) in [6, 6.07) is -1.10. The number of hydrogen-bond acceptors (Lipinski definition) is 3.